The Kier molecular flexibility index (Phi) is 3.96. The van der Waals surface area contributed by atoms with Gasteiger partial charge in [0.2, 0.25) is 5.28 Å². The Hall–Kier alpha value is -0.870. The zero-order valence-corrected chi connectivity index (χ0v) is 10.1. The van der Waals surface area contributed by atoms with Gasteiger partial charge in [-0.25, -0.2) is 9.97 Å². The number of rotatable bonds is 3. The first kappa shape index (κ1) is 11.6. The summed E-state index contributed by atoms with van der Waals surface area (Å²) < 4.78 is 5.32. The Morgan fingerprint density at radius 1 is 1.50 bits per heavy atom. The standard InChI is InChI=1S/C11H16ClN3O/c1-8-6-14-11(12)15-10(8)13-7-9-2-4-16-5-3-9/h6,9H,2-5,7H2,1H3,(H,13,14,15). The lowest BCUT2D eigenvalue weighted by Gasteiger charge is -2.22. The zero-order valence-electron chi connectivity index (χ0n) is 9.37. The molecule has 2 heterocycles. The van der Waals surface area contributed by atoms with Gasteiger partial charge in [-0.3, -0.25) is 0 Å². The molecule has 88 valence electrons. The van der Waals surface area contributed by atoms with Crippen molar-refractivity contribution in [1.29, 1.82) is 0 Å². The topological polar surface area (TPSA) is 47.0 Å². The summed E-state index contributed by atoms with van der Waals surface area (Å²) in [7, 11) is 0. The first-order chi connectivity index (χ1) is 7.75. The largest absolute Gasteiger partial charge is 0.381 e. The van der Waals surface area contributed by atoms with E-state index in [1.807, 2.05) is 6.92 Å². The molecule has 1 aliphatic heterocycles. The molecule has 1 aromatic rings. The molecule has 0 unspecified atom stereocenters. The third-order valence-corrected chi connectivity index (χ3v) is 3.02. The van der Waals surface area contributed by atoms with Crippen molar-refractivity contribution in [1.82, 2.24) is 9.97 Å². The van der Waals surface area contributed by atoms with Crippen molar-refractivity contribution in [3.63, 3.8) is 0 Å². The Balaban J connectivity index is 1.90. The summed E-state index contributed by atoms with van der Waals surface area (Å²) in [6.07, 6.45) is 3.97. The van der Waals surface area contributed by atoms with Crippen molar-refractivity contribution in [3.8, 4) is 0 Å². The maximum atomic E-state index is 5.76. The SMILES string of the molecule is Cc1cnc(Cl)nc1NCC1CCOCC1. The van der Waals surface area contributed by atoms with E-state index >= 15 is 0 Å². The first-order valence-electron chi connectivity index (χ1n) is 5.56. The first-order valence-corrected chi connectivity index (χ1v) is 5.94. The number of hydrogen-bond donors (Lipinski definition) is 1. The molecule has 5 heteroatoms. The van der Waals surface area contributed by atoms with E-state index in [1.165, 1.54) is 0 Å². The molecule has 0 radical (unpaired) electrons. The quantitative estimate of drug-likeness (QED) is 0.825. The van der Waals surface area contributed by atoms with Crippen molar-refractivity contribution in [2.45, 2.75) is 19.8 Å². The van der Waals surface area contributed by atoms with Crippen LogP contribution in [0.2, 0.25) is 5.28 Å². The van der Waals surface area contributed by atoms with Gasteiger partial charge in [-0.15, -0.1) is 0 Å². The third-order valence-electron chi connectivity index (χ3n) is 2.84. The second-order valence-corrected chi connectivity index (χ2v) is 4.45. The van der Waals surface area contributed by atoms with Crippen molar-refractivity contribution in [2.75, 3.05) is 25.1 Å². The van der Waals surface area contributed by atoms with Gasteiger partial charge in [0.1, 0.15) is 5.82 Å². The zero-order chi connectivity index (χ0) is 11.4. The summed E-state index contributed by atoms with van der Waals surface area (Å²) in [5.74, 6) is 1.51. The van der Waals surface area contributed by atoms with Crippen LogP contribution in [0.15, 0.2) is 6.20 Å². The molecule has 0 amide bonds. The lowest BCUT2D eigenvalue weighted by atomic mass is 10.0. The van der Waals surface area contributed by atoms with Gasteiger partial charge in [-0.2, -0.15) is 0 Å². The van der Waals surface area contributed by atoms with E-state index < -0.39 is 0 Å². The number of anilines is 1. The van der Waals surface area contributed by atoms with Gasteiger partial charge in [0.15, 0.2) is 0 Å². The normalized spacial score (nSPS) is 17.4. The predicted molar refractivity (Wildman–Crippen MR) is 63.8 cm³/mol. The minimum absolute atomic E-state index is 0.292. The number of aromatic nitrogens is 2. The molecule has 2 rings (SSSR count). The van der Waals surface area contributed by atoms with Crippen LogP contribution in [0.1, 0.15) is 18.4 Å². The second-order valence-electron chi connectivity index (χ2n) is 4.11. The lowest BCUT2D eigenvalue weighted by molar-refractivity contribution is 0.0699. The molecule has 1 aromatic heterocycles. The van der Waals surface area contributed by atoms with Gasteiger partial charge in [0.25, 0.3) is 0 Å². The Morgan fingerprint density at radius 2 is 2.25 bits per heavy atom. The molecule has 0 atom stereocenters. The van der Waals surface area contributed by atoms with Crippen molar-refractivity contribution < 1.29 is 4.74 Å². The van der Waals surface area contributed by atoms with Crippen LogP contribution < -0.4 is 5.32 Å². The Morgan fingerprint density at radius 3 is 3.00 bits per heavy atom. The minimum Gasteiger partial charge on any atom is -0.381 e. The molecular formula is C11H16ClN3O. The highest BCUT2D eigenvalue weighted by Crippen LogP contribution is 2.17. The molecule has 0 spiro atoms. The summed E-state index contributed by atoms with van der Waals surface area (Å²) in [6, 6.07) is 0. The van der Waals surface area contributed by atoms with Gasteiger partial charge < -0.3 is 10.1 Å². The second kappa shape index (κ2) is 5.46. The van der Waals surface area contributed by atoms with Crippen LogP contribution in [-0.2, 0) is 4.74 Å². The summed E-state index contributed by atoms with van der Waals surface area (Å²) in [6.45, 7) is 4.64. The van der Waals surface area contributed by atoms with Gasteiger partial charge in [-0.05, 0) is 37.3 Å². The Bertz CT molecular complexity index is 353. The number of nitrogens with one attached hydrogen (secondary N) is 1. The maximum absolute atomic E-state index is 5.76. The minimum atomic E-state index is 0.292. The number of halogens is 1. The molecule has 0 aliphatic carbocycles. The number of nitrogens with zero attached hydrogens (tertiary/aromatic N) is 2. The third kappa shape index (κ3) is 3.06. The van der Waals surface area contributed by atoms with Crippen LogP contribution in [0.3, 0.4) is 0 Å². The molecule has 4 nitrogen and oxygen atoms in total. The molecule has 1 saturated heterocycles. The smallest absolute Gasteiger partial charge is 0.224 e. The van der Waals surface area contributed by atoms with Gasteiger partial charge in [-0.1, -0.05) is 0 Å². The summed E-state index contributed by atoms with van der Waals surface area (Å²) in [5.41, 5.74) is 1.02. The average molecular weight is 242 g/mol. The highest BCUT2D eigenvalue weighted by molar-refractivity contribution is 6.28. The maximum Gasteiger partial charge on any atom is 0.224 e. The molecule has 1 fully saturated rings. The van der Waals surface area contributed by atoms with Crippen LogP contribution >= 0.6 is 11.6 Å². The fraction of sp³-hybridized carbons (Fsp3) is 0.636. The van der Waals surface area contributed by atoms with Crippen molar-refractivity contribution in [2.24, 2.45) is 5.92 Å². The van der Waals surface area contributed by atoms with E-state index in [0.717, 1.165) is 44.0 Å². The molecule has 0 bridgehead atoms. The van der Waals surface area contributed by atoms with Crippen LogP contribution in [0.4, 0.5) is 5.82 Å². The van der Waals surface area contributed by atoms with Crippen LogP contribution in [0.25, 0.3) is 0 Å². The molecule has 1 N–H and O–H groups in total. The molecular weight excluding hydrogens is 226 g/mol. The van der Waals surface area contributed by atoms with Gasteiger partial charge >= 0.3 is 0 Å². The van der Waals surface area contributed by atoms with E-state index in [4.69, 9.17) is 16.3 Å². The number of hydrogen-bond acceptors (Lipinski definition) is 4. The van der Waals surface area contributed by atoms with E-state index in [-0.39, 0.29) is 0 Å². The van der Waals surface area contributed by atoms with Crippen molar-refractivity contribution in [3.05, 3.63) is 17.0 Å². The lowest BCUT2D eigenvalue weighted by Crippen LogP contribution is -2.23. The Labute approximate surface area is 100 Å². The van der Waals surface area contributed by atoms with Crippen molar-refractivity contribution >= 4 is 17.4 Å². The molecule has 0 aromatic carbocycles. The van der Waals surface area contributed by atoms with E-state index in [2.05, 4.69) is 15.3 Å². The van der Waals surface area contributed by atoms with E-state index in [0.29, 0.717) is 11.2 Å². The molecule has 0 saturated carbocycles. The monoisotopic (exact) mass is 241 g/mol. The summed E-state index contributed by atoms with van der Waals surface area (Å²) in [4.78, 5) is 8.10. The highest BCUT2D eigenvalue weighted by atomic mass is 35.5. The van der Waals surface area contributed by atoms with Crippen LogP contribution in [0, 0.1) is 12.8 Å². The number of ether oxygens (including phenoxy) is 1. The highest BCUT2D eigenvalue weighted by Gasteiger charge is 2.14. The van der Waals surface area contributed by atoms with E-state index in [1.54, 1.807) is 6.20 Å². The van der Waals surface area contributed by atoms with Crippen LogP contribution in [0.5, 0.6) is 0 Å². The average Bonchev–Trinajstić information content (AvgIpc) is 2.32. The number of aryl methyl sites for hydroxylation is 1. The summed E-state index contributed by atoms with van der Waals surface area (Å²) in [5, 5.41) is 3.62. The van der Waals surface area contributed by atoms with Crippen LogP contribution in [-0.4, -0.2) is 29.7 Å². The fourth-order valence-electron chi connectivity index (χ4n) is 1.79. The summed E-state index contributed by atoms with van der Waals surface area (Å²) >= 11 is 5.76. The molecule has 16 heavy (non-hydrogen) atoms. The molecule has 1 aliphatic rings. The van der Waals surface area contributed by atoms with E-state index in [9.17, 15) is 0 Å². The van der Waals surface area contributed by atoms with Gasteiger partial charge in [0, 0.05) is 31.5 Å². The van der Waals surface area contributed by atoms with Gasteiger partial charge in [0.05, 0.1) is 0 Å². The fourth-order valence-corrected chi connectivity index (χ4v) is 1.92. The predicted octanol–water partition coefficient (Wildman–Crippen LogP) is 2.28.